The largest absolute Gasteiger partial charge is 0.461 e. The molecule has 9 nitrogen and oxygen atoms in total. The van der Waals surface area contributed by atoms with Crippen molar-refractivity contribution in [2.24, 2.45) is 0 Å². The van der Waals surface area contributed by atoms with Gasteiger partial charge in [-0.1, -0.05) is 17.9 Å². The maximum Gasteiger partial charge on any atom is 0.359 e. The molecule has 154 valence electrons. The molecule has 3 heterocycles. The predicted octanol–water partition coefficient (Wildman–Crippen LogP) is 0.237. The Hall–Kier alpha value is -3.64. The van der Waals surface area contributed by atoms with Crippen LogP contribution in [-0.2, 0) is 16.1 Å². The molecule has 0 bridgehead atoms. The summed E-state index contributed by atoms with van der Waals surface area (Å²) in [6.45, 7) is 2.53. The third kappa shape index (κ3) is 3.21. The third-order valence-electron chi connectivity index (χ3n) is 5.11. The fraction of sp³-hybridized carbons (Fsp3) is 0.333. The molecule has 1 atom stereocenters. The van der Waals surface area contributed by atoms with Crippen molar-refractivity contribution in [1.29, 1.82) is 0 Å². The van der Waals surface area contributed by atoms with E-state index in [0.29, 0.717) is 23.5 Å². The van der Waals surface area contributed by atoms with Gasteiger partial charge >= 0.3 is 5.97 Å². The molecular weight excluding hydrogens is 388 g/mol. The lowest BCUT2D eigenvalue weighted by atomic mass is 10.0. The Morgan fingerprint density at radius 2 is 2.20 bits per heavy atom. The average Bonchev–Trinajstić information content (AvgIpc) is 3.38. The molecule has 2 aliphatic heterocycles. The van der Waals surface area contributed by atoms with E-state index in [2.05, 4.69) is 22.3 Å². The number of carbonyl (C=O) groups is 3. The highest BCUT2D eigenvalue weighted by molar-refractivity contribution is 6.07. The van der Waals surface area contributed by atoms with E-state index in [0.717, 1.165) is 0 Å². The summed E-state index contributed by atoms with van der Waals surface area (Å²) >= 11 is 0. The maximum absolute atomic E-state index is 12.2. The highest BCUT2D eigenvalue weighted by Gasteiger charge is 2.42. The minimum Gasteiger partial charge on any atom is -0.461 e. The number of likely N-dealkylation sites (N-methyl/N-ethyl adjacent to an activating group) is 1. The van der Waals surface area contributed by atoms with Gasteiger partial charge in [-0.15, -0.1) is 0 Å². The predicted molar refractivity (Wildman–Crippen MR) is 105 cm³/mol. The molecule has 1 aromatic carbocycles. The number of ether oxygens (including phenoxy) is 1. The molecular formula is C21H20N4O5. The minimum atomic E-state index is -1.69. The first-order chi connectivity index (χ1) is 14.3. The summed E-state index contributed by atoms with van der Waals surface area (Å²) in [6.07, 6.45) is 0.248. The van der Waals surface area contributed by atoms with Crippen LogP contribution in [0.5, 0.6) is 0 Å². The molecule has 2 aromatic rings. The molecule has 0 spiro atoms. The zero-order valence-electron chi connectivity index (χ0n) is 16.6. The van der Waals surface area contributed by atoms with Gasteiger partial charge in [0.25, 0.3) is 11.8 Å². The molecule has 2 aliphatic rings. The van der Waals surface area contributed by atoms with Crippen molar-refractivity contribution < 1.29 is 24.2 Å². The first kappa shape index (κ1) is 19.7. The number of benzene rings is 1. The highest BCUT2D eigenvalue weighted by atomic mass is 16.5. The number of likely N-dealkylation sites (tertiary alicyclic amines) is 1. The van der Waals surface area contributed by atoms with Gasteiger partial charge < -0.3 is 20.1 Å². The fourth-order valence-electron chi connectivity index (χ4n) is 3.52. The molecule has 1 aromatic heterocycles. The summed E-state index contributed by atoms with van der Waals surface area (Å²) < 4.78 is 6.53. The molecule has 9 heteroatoms. The molecule has 1 fully saturated rings. The number of rotatable bonds is 3. The van der Waals surface area contributed by atoms with Gasteiger partial charge in [-0.05, 0) is 25.1 Å². The monoisotopic (exact) mass is 408 g/mol. The van der Waals surface area contributed by atoms with Crippen LogP contribution >= 0.6 is 0 Å². The molecule has 1 saturated heterocycles. The topological polar surface area (TPSA) is 114 Å². The standard InChI is InChI=1S/C21H20N4O5/c1-3-30-19(27)17-16-15(12-22-18(16)26)25(23-17)14-6-4-5-13(11-14)7-8-21(29)9-10-24(2)20(21)28/h4-6,11,29H,3,9-10,12H2,1-2H3,(H,22,26)/t21-/m0/s1. The lowest BCUT2D eigenvalue weighted by Crippen LogP contribution is -2.37. The number of hydrogen-bond donors (Lipinski definition) is 2. The zero-order chi connectivity index (χ0) is 21.5. The van der Waals surface area contributed by atoms with E-state index in [9.17, 15) is 19.5 Å². The van der Waals surface area contributed by atoms with Gasteiger partial charge in [-0.25, -0.2) is 9.48 Å². The molecule has 0 saturated carbocycles. The van der Waals surface area contributed by atoms with Crippen molar-refractivity contribution in [2.45, 2.75) is 25.5 Å². The molecule has 2 N–H and O–H groups in total. The van der Waals surface area contributed by atoms with E-state index in [1.54, 1.807) is 38.2 Å². The van der Waals surface area contributed by atoms with Crippen LogP contribution in [0, 0.1) is 11.8 Å². The number of aliphatic hydroxyl groups is 1. The van der Waals surface area contributed by atoms with Gasteiger partial charge in [0.2, 0.25) is 5.60 Å². The molecule has 0 radical (unpaired) electrons. The van der Waals surface area contributed by atoms with Crippen LogP contribution in [0.3, 0.4) is 0 Å². The van der Waals surface area contributed by atoms with Crippen LogP contribution in [-0.4, -0.2) is 63.4 Å². The number of carbonyl (C=O) groups excluding carboxylic acids is 3. The van der Waals surface area contributed by atoms with Crippen molar-refractivity contribution in [2.75, 3.05) is 20.2 Å². The minimum absolute atomic E-state index is 0.0350. The van der Waals surface area contributed by atoms with Crippen LogP contribution in [0.1, 0.15) is 45.4 Å². The normalized spacial score (nSPS) is 19.9. The molecule has 2 amide bonds. The van der Waals surface area contributed by atoms with Crippen molar-refractivity contribution >= 4 is 17.8 Å². The second-order valence-electron chi connectivity index (χ2n) is 7.12. The number of esters is 1. The molecule has 0 unspecified atom stereocenters. The summed E-state index contributed by atoms with van der Waals surface area (Å²) in [4.78, 5) is 38.0. The lowest BCUT2D eigenvalue weighted by molar-refractivity contribution is -0.137. The van der Waals surface area contributed by atoms with Gasteiger partial charge in [0.15, 0.2) is 5.69 Å². The van der Waals surface area contributed by atoms with Gasteiger partial charge in [0.05, 0.1) is 30.1 Å². The molecule has 4 rings (SSSR count). The van der Waals surface area contributed by atoms with Crippen LogP contribution < -0.4 is 5.32 Å². The Balaban J connectivity index is 1.71. The summed E-state index contributed by atoms with van der Waals surface area (Å²) in [7, 11) is 1.62. The van der Waals surface area contributed by atoms with E-state index in [4.69, 9.17) is 4.74 Å². The van der Waals surface area contributed by atoms with Gasteiger partial charge in [0.1, 0.15) is 0 Å². The Labute approximate surface area is 172 Å². The second kappa shape index (κ2) is 7.31. The van der Waals surface area contributed by atoms with Crippen molar-refractivity contribution in [3.05, 3.63) is 46.8 Å². The Morgan fingerprint density at radius 3 is 2.90 bits per heavy atom. The van der Waals surface area contributed by atoms with E-state index in [-0.39, 0.29) is 36.7 Å². The summed E-state index contributed by atoms with van der Waals surface area (Å²) in [5.74, 6) is 4.08. The van der Waals surface area contributed by atoms with Crippen molar-refractivity contribution in [3.8, 4) is 17.5 Å². The number of aromatic nitrogens is 2. The SMILES string of the molecule is CCOC(=O)c1nn(-c2cccc(C#C[C@]3(O)CCN(C)C3=O)c2)c2c1C(=O)NC2. The van der Waals surface area contributed by atoms with Crippen molar-refractivity contribution in [3.63, 3.8) is 0 Å². The van der Waals surface area contributed by atoms with Crippen LogP contribution in [0.15, 0.2) is 24.3 Å². The first-order valence-corrected chi connectivity index (χ1v) is 9.53. The van der Waals surface area contributed by atoms with E-state index in [1.165, 1.54) is 9.58 Å². The van der Waals surface area contributed by atoms with E-state index < -0.39 is 17.5 Å². The van der Waals surface area contributed by atoms with Gasteiger partial charge in [-0.3, -0.25) is 9.59 Å². The van der Waals surface area contributed by atoms with Crippen LogP contribution in [0.2, 0.25) is 0 Å². The second-order valence-corrected chi connectivity index (χ2v) is 7.12. The maximum atomic E-state index is 12.2. The van der Waals surface area contributed by atoms with E-state index in [1.807, 2.05) is 0 Å². The average molecular weight is 408 g/mol. The summed E-state index contributed by atoms with van der Waals surface area (Å²) in [6, 6.07) is 6.96. The number of nitrogens with one attached hydrogen (secondary N) is 1. The lowest BCUT2D eigenvalue weighted by Gasteiger charge is -2.13. The first-order valence-electron chi connectivity index (χ1n) is 9.53. The Kier molecular flexibility index (Phi) is 4.79. The van der Waals surface area contributed by atoms with Crippen molar-refractivity contribution in [1.82, 2.24) is 20.0 Å². The number of hydrogen-bond acceptors (Lipinski definition) is 6. The van der Waals surface area contributed by atoms with Crippen LogP contribution in [0.4, 0.5) is 0 Å². The number of nitrogens with zero attached hydrogens (tertiary/aromatic N) is 3. The molecule has 30 heavy (non-hydrogen) atoms. The zero-order valence-corrected chi connectivity index (χ0v) is 16.6. The summed E-state index contributed by atoms with van der Waals surface area (Å²) in [5, 5.41) is 17.5. The van der Waals surface area contributed by atoms with Crippen LogP contribution in [0.25, 0.3) is 5.69 Å². The Morgan fingerprint density at radius 1 is 1.40 bits per heavy atom. The quantitative estimate of drug-likeness (QED) is 0.556. The van der Waals surface area contributed by atoms with Gasteiger partial charge in [0, 0.05) is 25.6 Å². The molecule has 0 aliphatic carbocycles. The fourth-order valence-corrected chi connectivity index (χ4v) is 3.52. The number of amides is 2. The van der Waals surface area contributed by atoms with Gasteiger partial charge in [-0.2, -0.15) is 5.10 Å². The third-order valence-corrected chi connectivity index (χ3v) is 5.11. The summed E-state index contributed by atoms with van der Waals surface area (Å²) in [5.41, 5.74) is 0.186. The number of fused-ring (bicyclic) bond motifs is 1. The Bertz CT molecular complexity index is 1130. The van der Waals surface area contributed by atoms with E-state index >= 15 is 0 Å². The highest BCUT2D eigenvalue weighted by Crippen LogP contribution is 2.25. The smallest absolute Gasteiger partial charge is 0.359 e.